The first-order valence-electron chi connectivity index (χ1n) is 7.82. The van der Waals surface area contributed by atoms with Crippen molar-refractivity contribution in [2.75, 3.05) is 31.6 Å². The van der Waals surface area contributed by atoms with E-state index >= 15 is 0 Å². The molecule has 114 valence electrons. The van der Waals surface area contributed by atoms with Gasteiger partial charge in [-0.2, -0.15) is 0 Å². The number of rotatable bonds is 3. The summed E-state index contributed by atoms with van der Waals surface area (Å²) in [5.74, 6) is 1.38. The molecular weight excluding hydrogens is 266 g/mol. The van der Waals surface area contributed by atoms with Crippen molar-refractivity contribution in [3.05, 3.63) is 17.8 Å². The van der Waals surface area contributed by atoms with Crippen molar-refractivity contribution in [2.24, 2.45) is 5.92 Å². The van der Waals surface area contributed by atoms with E-state index in [1.807, 2.05) is 6.07 Å². The van der Waals surface area contributed by atoms with Crippen molar-refractivity contribution in [2.45, 2.75) is 31.7 Å². The summed E-state index contributed by atoms with van der Waals surface area (Å²) >= 11 is 0. The van der Waals surface area contributed by atoms with Crippen molar-refractivity contribution < 1.29 is 4.79 Å². The normalized spacial score (nSPS) is 25.9. The van der Waals surface area contributed by atoms with E-state index in [-0.39, 0.29) is 5.91 Å². The molecule has 0 saturated carbocycles. The zero-order valence-corrected chi connectivity index (χ0v) is 12.5. The highest BCUT2D eigenvalue weighted by atomic mass is 16.1. The summed E-state index contributed by atoms with van der Waals surface area (Å²) in [5.41, 5.74) is 0.368. The molecule has 1 aromatic rings. The lowest BCUT2D eigenvalue weighted by molar-refractivity contribution is 0.0957. The van der Waals surface area contributed by atoms with Crippen LogP contribution in [0.4, 0.5) is 5.82 Å². The Morgan fingerprint density at radius 3 is 2.90 bits per heavy atom. The molecule has 2 saturated heterocycles. The molecule has 2 atom stereocenters. The standard InChI is InChI=1S/C15H23N5O/c1-16-15(21)13-6-7-14(19-18-13)20-9-3-4-11(10-20)12-5-2-8-17-12/h6-7,11-12,17H,2-5,8-10H2,1H3,(H,16,21). The highest BCUT2D eigenvalue weighted by Crippen LogP contribution is 2.26. The van der Waals surface area contributed by atoms with Crippen molar-refractivity contribution in [1.82, 2.24) is 20.8 Å². The number of nitrogens with zero attached hydrogens (tertiary/aromatic N) is 3. The molecule has 0 bridgehead atoms. The Morgan fingerprint density at radius 1 is 1.33 bits per heavy atom. The van der Waals surface area contributed by atoms with Crippen LogP contribution in [-0.2, 0) is 0 Å². The van der Waals surface area contributed by atoms with E-state index in [0.29, 0.717) is 17.7 Å². The SMILES string of the molecule is CNC(=O)c1ccc(N2CCCC(C3CCCN3)C2)nn1. The van der Waals surface area contributed by atoms with Crippen LogP contribution in [0.1, 0.15) is 36.2 Å². The number of piperidine rings is 1. The highest BCUT2D eigenvalue weighted by Gasteiger charge is 2.29. The molecule has 0 aromatic carbocycles. The van der Waals surface area contributed by atoms with Gasteiger partial charge in [-0.15, -0.1) is 10.2 Å². The summed E-state index contributed by atoms with van der Waals surface area (Å²) in [6.07, 6.45) is 5.07. The van der Waals surface area contributed by atoms with Gasteiger partial charge in [0.25, 0.3) is 5.91 Å². The minimum atomic E-state index is -0.194. The van der Waals surface area contributed by atoms with Gasteiger partial charge < -0.3 is 15.5 Å². The summed E-state index contributed by atoms with van der Waals surface area (Å²) in [6.45, 7) is 3.21. The average Bonchev–Trinajstić information content (AvgIpc) is 3.09. The number of amides is 1. The van der Waals surface area contributed by atoms with Crippen molar-refractivity contribution >= 4 is 11.7 Å². The second kappa shape index (κ2) is 6.39. The number of hydrogen-bond acceptors (Lipinski definition) is 5. The third kappa shape index (κ3) is 3.15. The van der Waals surface area contributed by atoms with Gasteiger partial charge >= 0.3 is 0 Å². The fourth-order valence-corrected chi connectivity index (χ4v) is 3.40. The van der Waals surface area contributed by atoms with Crippen molar-refractivity contribution in [1.29, 1.82) is 0 Å². The van der Waals surface area contributed by atoms with Gasteiger partial charge in [-0.3, -0.25) is 4.79 Å². The largest absolute Gasteiger partial charge is 0.355 e. The van der Waals surface area contributed by atoms with Crippen LogP contribution in [-0.4, -0.2) is 48.8 Å². The van der Waals surface area contributed by atoms with E-state index in [2.05, 4.69) is 25.7 Å². The van der Waals surface area contributed by atoms with E-state index < -0.39 is 0 Å². The number of carbonyl (C=O) groups is 1. The molecule has 2 fully saturated rings. The molecule has 2 aliphatic heterocycles. The zero-order valence-electron chi connectivity index (χ0n) is 12.5. The monoisotopic (exact) mass is 289 g/mol. The Bertz CT molecular complexity index is 483. The molecule has 6 nitrogen and oxygen atoms in total. The van der Waals surface area contributed by atoms with E-state index in [1.54, 1.807) is 13.1 Å². The summed E-state index contributed by atoms with van der Waals surface area (Å²) in [5, 5.41) is 14.4. The molecule has 2 unspecified atom stereocenters. The molecule has 1 amide bonds. The molecule has 0 radical (unpaired) electrons. The summed E-state index contributed by atoms with van der Waals surface area (Å²) in [7, 11) is 1.60. The van der Waals surface area contributed by atoms with E-state index in [9.17, 15) is 4.79 Å². The van der Waals surface area contributed by atoms with Crippen LogP contribution in [0.2, 0.25) is 0 Å². The van der Waals surface area contributed by atoms with Crippen molar-refractivity contribution in [3.8, 4) is 0 Å². The lowest BCUT2D eigenvalue weighted by atomic mass is 9.90. The number of nitrogens with one attached hydrogen (secondary N) is 2. The third-order valence-corrected chi connectivity index (χ3v) is 4.56. The van der Waals surface area contributed by atoms with E-state index in [1.165, 1.54) is 25.7 Å². The number of hydrogen-bond donors (Lipinski definition) is 2. The van der Waals surface area contributed by atoms with Gasteiger partial charge in [-0.1, -0.05) is 0 Å². The van der Waals surface area contributed by atoms with Gasteiger partial charge in [-0.25, -0.2) is 0 Å². The Kier molecular flexibility index (Phi) is 4.34. The van der Waals surface area contributed by atoms with Crippen LogP contribution in [0.25, 0.3) is 0 Å². The van der Waals surface area contributed by atoms with E-state index in [0.717, 1.165) is 25.5 Å². The Hall–Kier alpha value is -1.69. The van der Waals surface area contributed by atoms with Gasteiger partial charge in [0, 0.05) is 26.2 Å². The Morgan fingerprint density at radius 2 is 2.24 bits per heavy atom. The second-order valence-corrected chi connectivity index (χ2v) is 5.91. The maximum atomic E-state index is 11.5. The van der Waals surface area contributed by atoms with Gasteiger partial charge in [0.1, 0.15) is 0 Å². The molecule has 1 aromatic heterocycles. The lowest BCUT2D eigenvalue weighted by Gasteiger charge is -2.36. The molecule has 6 heteroatoms. The van der Waals surface area contributed by atoms with Crippen LogP contribution in [0.15, 0.2) is 12.1 Å². The molecular formula is C15H23N5O. The van der Waals surface area contributed by atoms with Crippen LogP contribution in [0, 0.1) is 5.92 Å². The molecule has 2 N–H and O–H groups in total. The molecule has 2 aliphatic rings. The summed E-state index contributed by atoms with van der Waals surface area (Å²) in [6, 6.07) is 4.31. The van der Waals surface area contributed by atoms with Crippen molar-refractivity contribution in [3.63, 3.8) is 0 Å². The topological polar surface area (TPSA) is 70.2 Å². The zero-order chi connectivity index (χ0) is 14.7. The molecule has 3 heterocycles. The van der Waals surface area contributed by atoms with Gasteiger partial charge in [0.05, 0.1) is 0 Å². The Labute approximate surface area is 125 Å². The quantitative estimate of drug-likeness (QED) is 0.861. The van der Waals surface area contributed by atoms with Gasteiger partial charge in [0.2, 0.25) is 0 Å². The summed E-state index contributed by atoms with van der Waals surface area (Å²) < 4.78 is 0. The third-order valence-electron chi connectivity index (χ3n) is 4.56. The Balaban J connectivity index is 1.66. The fourth-order valence-electron chi connectivity index (χ4n) is 3.40. The van der Waals surface area contributed by atoms with Gasteiger partial charge in [-0.05, 0) is 50.3 Å². The summed E-state index contributed by atoms with van der Waals surface area (Å²) in [4.78, 5) is 13.8. The second-order valence-electron chi connectivity index (χ2n) is 5.91. The average molecular weight is 289 g/mol. The molecule has 21 heavy (non-hydrogen) atoms. The predicted octanol–water partition coefficient (Wildman–Crippen LogP) is 0.805. The maximum Gasteiger partial charge on any atom is 0.271 e. The first-order chi connectivity index (χ1) is 10.3. The first kappa shape index (κ1) is 14.3. The predicted molar refractivity (Wildman–Crippen MR) is 81.4 cm³/mol. The highest BCUT2D eigenvalue weighted by molar-refractivity contribution is 5.91. The molecule has 0 aliphatic carbocycles. The molecule has 3 rings (SSSR count). The molecule has 0 spiro atoms. The van der Waals surface area contributed by atoms with Crippen LogP contribution in [0.5, 0.6) is 0 Å². The smallest absolute Gasteiger partial charge is 0.271 e. The van der Waals surface area contributed by atoms with Gasteiger partial charge in [0.15, 0.2) is 11.5 Å². The first-order valence-corrected chi connectivity index (χ1v) is 7.82. The number of aromatic nitrogens is 2. The van der Waals surface area contributed by atoms with Crippen LogP contribution >= 0.6 is 0 Å². The fraction of sp³-hybridized carbons (Fsp3) is 0.667. The lowest BCUT2D eigenvalue weighted by Crippen LogP contribution is -2.44. The number of carbonyl (C=O) groups excluding carboxylic acids is 1. The van der Waals surface area contributed by atoms with Crippen LogP contribution < -0.4 is 15.5 Å². The number of anilines is 1. The minimum absolute atomic E-state index is 0.194. The minimum Gasteiger partial charge on any atom is -0.355 e. The maximum absolute atomic E-state index is 11.5. The van der Waals surface area contributed by atoms with E-state index in [4.69, 9.17) is 0 Å². The van der Waals surface area contributed by atoms with Crippen LogP contribution in [0.3, 0.4) is 0 Å².